The fourth-order valence-corrected chi connectivity index (χ4v) is 3.58. The van der Waals surface area contributed by atoms with Crippen LogP contribution in [0.3, 0.4) is 0 Å². The summed E-state index contributed by atoms with van der Waals surface area (Å²) in [5.74, 6) is 0.549. The maximum atomic E-state index is 12.1. The first-order valence-corrected chi connectivity index (χ1v) is 9.01. The molecule has 4 rings (SSSR count). The molecule has 1 aromatic carbocycles. The summed E-state index contributed by atoms with van der Waals surface area (Å²) in [6, 6.07) is 14.3. The fraction of sp³-hybridized carbons (Fsp3) is 0.158. The van der Waals surface area contributed by atoms with E-state index < -0.39 is 0 Å². The smallest absolute Gasteiger partial charge is 0.249 e. The number of anilines is 1. The molecule has 0 saturated heterocycles. The van der Waals surface area contributed by atoms with Crippen LogP contribution in [0, 0.1) is 0 Å². The molecule has 1 aliphatic rings. The van der Waals surface area contributed by atoms with Crippen LogP contribution in [0.5, 0.6) is 0 Å². The van der Waals surface area contributed by atoms with Gasteiger partial charge in [-0.15, -0.1) is 11.3 Å². The van der Waals surface area contributed by atoms with Gasteiger partial charge < -0.3 is 5.32 Å². The zero-order valence-electron chi connectivity index (χ0n) is 13.6. The summed E-state index contributed by atoms with van der Waals surface area (Å²) < 4.78 is 0. The minimum absolute atomic E-state index is 0.152. The maximum Gasteiger partial charge on any atom is 0.249 e. The van der Waals surface area contributed by atoms with Crippen LogP contribution in [-0.4, -0.2) is 21.0 Å². The van der Waals surface area contributed by atoms with Crippen molar-refractivity contribution in [3.8, 4) is 0 Å². The van der Waals surface area contributed by atoms with E-state index in [0.29, 0.717) is 5.82 Å². The third kappa shape index (κ3) is 3.70. The summed E-state index contributed by atoms with van der Waals surface area (Å²) >= 11 is 1.60. The van der Waals surface area contributed by atoms with Crippen molar-refractivity contribution in [3.63, 3.8) is 0 Å². The Labute approximate surface area is 150 Å². The standard InChI is InChI=1S/C19H18N4OS/c24-18(9-8-15-7-4-10-25-15)20-19-16-12-23(13-17(16)21-22-19)11-14-5-2-1-3-6-14/h1-10H,11-13H2,(H2,20,21,22,24)/b9-8+. The summed E-state index contributed by atoms with van der Waals surface area (Å²) in [5.41, 5.74) is 3.36. The van der Waals surface area contributed by atoms with E-state index in [1.807, 2.05) is 29.7 Å². The van der Waals surface area contributed by atoms with E-state index in [0.717, 1.165) is 35.8 Å². The van der Waals surface area contributed by atoms with Crippen LogP contribution >= 0.6 is 11.3 Å². The largest absolute Gasteiger partial charge is 0.307 e. The first kappa shape index (κ1) is 15.8. The van der Waals surface area contributed by atoms with E-state index in [9.17, 15) is 4.79 Å². The molecular formula is C19H18N4OS. The normalized spacial score (nSPS) is 14.1. The number of carbonyl (C=O) groups excluding carboxylic acids is 1. The molecule has 3 aromatic rings. The first-order valence-electron chi connectivity index (χ1n) is 8.13. The van der Waals surface area contributed by atoms with Crippen molar-refractivity contribution in [1.29, 1.82) is 0 Å². The van der Waals surface area contributed by atoms with Crippen LogP contribution in [0.4, 0.5) is 5.82 Å². The molecule has 0 atom stereocenters. The topological polar surface area (TPSA) is 61.0 Å². The molecule has 2 aromatic heterocycles. The summed E-state index contributed by atoms with van der Waals surface area (Å²) in [7, 11) is 0. The Morgan fingerprint density at radius 2 is 2.12 bits per heavy atom. The van der Waals surface area contributed by atoms with Gasteiger partial charge in [0, 0.05) is 36.2 Å². The molecule has 0 bridgehead atoms. The molecule has 126 valence electrons. The number of hydrogen-bond acceptors (Lipinski definition) is 4. The number of aromatic amines is 1. The number of fused-ring (bicyclic) bond motifs is 1. The second kappa shape index (κ2) is 7.04. The van der Waals surface area contributed by atoms with Crippen molar-refractivity contribution in [2.24, 2.45) is 0 Å². The van der Waals surface area contributed by atoms with Crippen molar-refractivity contribution >= 4 is 29.1 Å². The van der Waals surface area contributed by atoms with Gasteiger partial charge in [-0.2, -0.15) is 5.10 Å². The molecule has 0 unspecified atom stereocenters. The van der Waals surface area contributed by atoms with Gasteiger partial charge >= 0.3 is 0 Å². The molecule has 1 aliphatic heterocycles. The monoisotopic (exact) mass is 350 g/mol. The van der Waals surface area contributed by atoms with Gasteiger partial charge in [-0.05, 0) is 23.1 Å². The third-order valence-electron chi connectivity index (χ3n) is 4.15. The quantitative estimate of drug-likeness (QED) is 0.691. The lowest BCUT2D eigenvalue weighted by molar-refractivity contribution is -0.111. The number of benzene rings is 1. The van der Waals surface area contributed by atoms with Crippen LogP contribution in [0.2, 0.25) is 0 Å². The van der Waals surface area contributed by atoms with Crippen LogP contribution in [-0.2, 0) is 24.4 Å². The molecule has 25 heavy (non-hydrogen) atoms. The molecule has 3 heterocycles. The van der Waals surface area contributed by atoms with Gasteiger partial charge in [-0.25, -0.2) is 0 Å². The minimum atomic E-state index is -0.152. The van der Waals surface area contributed by atoms with E-state index in [-0.39, 0.29) is 5.91 Å². The van der Waals surface area contributed by atoms with Crippen molar-refractivity contribution in [3.05, 3.63) is 75.6 Å². The molecule has 0 fully saturated rings. The van der Waals surface area contributed by atoms with Gasteiger partial charge in [0.15, 0.2) is 0 Å². The minimum Gasteiger partial charge on any atom is -0.307 e. The first-order chi connectivity index (χ1) is 12.3. The van der Waals surface area contributed by atoms with Crippen molar-refractivity contribution in [1.82, 2.24) is 15.1 Å². The molecule has 6 heteroatoms. The zero-order valence-corrected chi connectivity index (χ0v) is 14.4. The number of aromatic nitrogens is 2. The van der Waals surface area contributed by atoms with E-state index in [1.165, 1.54) is 5.56 Å². The third-order valence-corrected chi connectivity index (χ3v) is 4.98. The van der Waals surface area contributed by atoms with Crippen LogP contribution in [0.25, 0.3) is 6.08 Å². The van der Waals surface area contributed by atoms with Crippen LogP contribution in [0.15, 0.2) is 53.9 Å². The number of hydrogen-bond donors (Lipinski definition) is 2. The Balaban J connectivity index is 1.39. The Kier molecular flexibility index (Phi) is 4.45. The lowest BCUT2D eigenvalue weighted by Crippen LogP contribution is -2.17. The summed E-state index contributed by atoms with van der Waals surface area (Å²) in [4.78, 5) is 15.5. The van der Waals surface area contributed by atoms with Gasteiger partial charge in [0.1, 0.15) is 5.82 Å². The number of amides is 1. The molecule has 0 aliphatic carbocycles. The van der Waals surface area contributed by atoms with Gasteiger partial charge in [0.25, 0.3) is 0 Å². The number of nitrogens with zero attached hydrogens (tertiary/aromatic N) is 2. The summed E-state index contributed by atoms with van der Waals surface area (Å²) in [6.07, 6.45) is 3.37. The van der Waals surface area contributed by atoms with Gasteiger partial charge in [0.2, 0.25) is 5.91 Å². The summed E-state index contributed by atoms with van der Waals surface area (Å²) in [6.45, 7) is 2.45. The molecule has 5 nitrogen and oxygen atoms in total. The van der Waals surface area contributed by atoms with E-state index >= 15 is 0 Å². The molecule has 0 radical (unpaired) electrons. The Morgan fingerprint density at radius 3 is 2.92 bits per heavy atom. The number of nitrogens with one attached hydrogen (secondary N) is 2. The molecule has 1 amide bonds. The predicted octanol–water partition coefficient (Wildman–Crippen LogP) is 3.64. The Bertz CT molecular complexity index is 884. The van der Waals surface area contributed by atoms with E-state index in [1.54, 1.807) is 17.4 Å². The highest BCUT2D eigenvalue weighted by atomic mass is 32.1. The molecule has 0 saturated carbocycles. The number of H-pyrrole nitrogens is 1. The lowest BCUT2D eigenvalue weighted by Gasteiger charge is -2.15. The SMILES string of the molecule is O=C(/C=C/c1cccs1)Nc1[nH]nc2c1CN(Cc1ccccc1)C2. The summed E-state index contributed by atoms with van der Waals surface area (Å²) in [5, 5.41) is 12.2. The lowest BCUT2D eigenvalue weighted by atomic mass is 10.2. The zero-order chi connectivity index (χ0) is 17.1. The molecular weight excluding hydrogens is 332 g/mol. The number of thiophene rings is 1. The molecule has 2 N–H and O–H groups in total. The maximum absolute atomic E-state index is 12.1. The predicted molar refractivity (Wildman–Crippen MR) is 100.0 cm³/mol. The Hall–Kier alpha value is -2.70. The van der Waals surface area contributed by atoms with E-state index in [2.05, 4.69) is 44.7 Å². The average Bonchev–Trinajstić information content (AvgIpc) is 3.33. The van der Waals surface area contributed by atoms with Gasteiger partial charge in [-0.1, -0.05) is 36.4 Å². The highest BCUT2D eigenvalue weighted by Crippen LogP contribution is 2.28. The van der Waals surface area contributed by atoms with Crippen molar-refractivity contribution < 1.29 is 4.79 Å². The van der Waals surface area contributed by atoms with Gasteiger partial charge in [0.05, 0.1) is 5.69 Å². The number of rotatable bonds is 5. The second-order valence-corrected chi connectivity index (χ2v) is 6.97. The highest BCUT2D eigenvalue weighted by molar-refractivity contribution is 7.10. The van der Waals surface area contributed by atoms with Crippen molar-refractivity contribution in [2.45, 2.75) is 19.6 Å². The average molecular weight is 350 g/mol. The Morgan fingerprint density at radius 1 is 1.24 bits per heavy atom. The molecule has 0 spiro atoms. The van der Waals surface area contributed by atoms with Crippen LogP contribution < -0.4 is 5.32 Å². The number of carbonyl (C=O) groups is 1. The van der Waals surface area contributed by atoms with E-state index in [4.69, 9.17) is 0 Å². The van der Waals surface area contributed by atoms with Gasteiger partial charge in [-0.3, -0.25) is 14.8 Å². The highest BCUT2D eigenvalue weighted by Gasteiger charge is 2.25. The van der Waals surface area contributed by atoms with Crippen LogP contribution in [0.1, 0.15) is 21.7 Å². The van der Waals surface area contributed by atoms with Crippen molar-refractivity contribution in [2.75, 3.05) is 5.32 Å². The second-order valence-electron chi connectivity index (χ2n) is 5.99. The fourth-order valence-electron chi connectivity index (χ4n) is 2.96.